The number of aromatic nitrogens is 4. The van der Waals surface area contributed by atoms with Gasteiger partial charge in [0, 0.05) is 0 Å². The van der Waals surface area contributed by atoms with Gasteiger partial charge in [-0.3, -0.25) is 9.09 Å². The monoisotopic (exact) mass is 572 g/mol. The molecule has 1 fully saturated rings. The van der Waals surface area contributed by atoms with Crippen molar-refractivity contribution in [3.05, 3.63) is 6.33 Å². The lowest BCUT2D eigenvalue weighted by molar-refractivity contribution is -0.192. The standard InChI is InChI=1S/C11H17F2N6O13P3/c12-9(13)11(1-29-34(25,26)32-35(27,28)31-33(22,23)24)5(21)4(20)8(30-11)19-2-16-3-6(14)17-10(15)18-7(3)19/h2,4-5,8-9,20-21H,1H2,(H,25,26)(H,27,28)(H2,22,23,24)(H4,14,15,17,18). The minimum Gasteiger partial charge on any atom is -0.387 e. The van der Waals surface area contributed by atoms with Gasteiger partial charge in [0.25, 0.3) is 6.43 Å². The number of anilines is 2. The molecule has 24 heteroatoms. The molecule has 0 aliphatic carbocycles. The first-order valence-corrected chi connectivity index (χ1v) is 13.3. The average molecular weight is 572 g/mol. The Kier molecular flexibility index (Phi) is 7.42. The van der Waals surface area contributed by atoms with E-state index in [0.717, 1.165) is 10.9 Å². The van der Waals surface area contributed by atoms with Crippen LogP contribution in [0.2, 0.25) is 0 Å². The number of nitrogen functional groups attached to an aromatic ring is 2. The van der Waals surface area contributed by atoms with E-state index >= 15 is 0 Å². The number of phosphoric ester groups is 1. The molecule has 0 spiro atoms. The number of phosphoric acid groups is 3. The predicted molar refractivity (Wildman–Crippen MR) is 105 cm³/mol. The molecule has 0 aromatic carbocycles. The fourth-order valence-electron chi connectivity index (χ4n) is 3.02. The zero-order valence-corrected chi connectivity index (χ0v) is 19.4. The van der Waals surface area contributed by atoms with Crippen molar-refractivity contribution in [2.45, 2.75) is 30.5 Å². The zero-order chi connectivity index (χ0) is 26.6. The molecule has 0 bridgehead atoms. The normalized spacial score (nSPS) is 28.9. The van der Waals surface area contributed by atoms with Crippen molar-refractivity contribution in [3.63, 3.8) is 0 Å². The highest BCUT2D eigenvalue weighted by Crippen LogP contribution is 2.66. The van der Waals surface area contributed by atoms with Crippen LogP contribution in [-0.4, -0.2) is 80.1 Å². The Balaban J connectivity index is 1.88. The van der Waals surface area contributed by atoms with E-state index in [4.69, 9.17) is 30.9 Å². The third-order valence-corrected chi connectivity index (χ3v) is 8.22. The maximum atomic E-state index is 14.0. The van der Waals surface area contributed by atoms with Gasteiger partial charge in [0.1, 0.15) is 17.7 Å². The number of nitrogens with zero attached hydrogens (tertiary/aromatic N) is 4. The minimum atomic E-state index is -5.95. The highest BCUT2D eigenvalue weighted by molar-refractivity contribution is 7.66. The zero-order valence-electron chi connectivity index (χ0n) is 16.7. The highest BCUT2D eigenvalue weighted by Gasteiger charge is 2.62. The number of hydrogen-bond donors (Lipinski definition) is 8. The Morgan fingerprint density at radius 1 is 1.11 bits per heavy atom. The van der Waals surface area contributed by atoms with Crippen LogP contribution in [0, 0.1) is 0 Å². The van der Waals surface area contributed by atoms with Crippen molar-refractivity contribution in [1.29, 1.82) is 0 Å². The van der Waals surface area contributed by atoms with Gasteiger partial charge in [-0.05, 0) is 0 Å². The molecule has 198 valence electrons. The molecule has 1 aliphatic heterocycles. The van der Waals surface area contributed by atoms with Gasteiger partial charge in [-0.25, -0.2) is 27.5 Å². The summed E-state index contributed by atoms with van der Waals surface area (Å²) in [7, 11) is -17.5. The summed E-state index contributed by atoms with van der Waals surface area (Å²) in [5.41, 5.74) is 7.60. The van der Waals surface area contributed by atoms with E-state index in [1.807, 2.05) is 0 Å². The second-order valence-corrected chi connectivity index (χ2v) is 11.3. The highest BCUT2D eigenvalue weighted by atomic mass is 31.3. The summed E-state index contributed by atoms with van der Waals surface area (Å²) in [5.74, 6) is -0.579. The summed E-state index contributed by atoms with van der Waals surface area (Å²) in [6, 6.07) is 0. The molecule has 1 saturated heterocycles. The summed E-state index contributed by atoms with van der Waals surface area (Å²) in [4.78, 5) is 47.0. The minimum absolute atomic E-state index is 0.0766. The number of alkyl halides is 2. The van der Waals surface area contributed by atoms with Gasteiger partial charge in [0.15, 0.2) is 23.3 Å². The summed E-state index contributed by atoms with van der Waals surface area (Å²) >= 11 is 0. The molecule has 19 nitrogen and oxygen atoms in total. The fourth-order valence-corrected chi connectivity index (χ4v) is 6.08. The van der Waals surface area contributed by atoms with Crippen molar-refractivity contribution in [2.75, 3.05) is 18.1 Å². The van der Waals surface area contributed by atoms with E-state index in [0.29, 0.717) is 0 Å². The van der Waals surface area contributed by atoms with Crippen LogP contribution in [0.1, 0.15) is 6.23 Å². The summed E-state index contributed by atoms with van der Waals surface area (Å²) in [6.07, 6.45) is -9.36. The van der Waals surface area contributed by atoms with Crippen LogP contribution in [0.15, 0.2) is 6.33 Å². The Bertz CT molecular complexity index is 1260. The molecule has 2 aromatic heterocycles. The van der Waals surface area contributed by atoms with Gasteiger partial charge in [-0.1, -0.05) is 0 Å². The van der Waals surface area contributed by atoms with E-state index in [2.05, 4.69) is 28.1 Å². The quantitative estimate of drug-likeness (QED) is 0.160. The maximum Gasteiger partial charge on any atom is 0.490 e. The Labute approximate surface area is 191 Å². The molecule has 1 aliphatic rings. The van der Waals surface area contributed by atoms with Gasteiger partial charge in [0.2, 0.25) is 5.95 Å². The van der Waals surface area contributed by atoms with E-state index in [1.54, 1.807) is 0 Å². The van der Waals surface area contributed by atoms with Crippen LogP contribution < -0.4 is 11.5 Å². The number of aliphatic hydroxyl groups excluding tert-OH is 2. The number of aliphatic hydroxyl groups is 2. The van der Waals surface area contributed by atoms with E-state index in [9.17, 15) is 37.6 Å². The first kappa shape index (κ1) is 27.9. The summed E-state index contributed by atoms with van der Waals surface area (Å²) in [6.45, 7) is -1.75. The van der Waals surface area contributed by atoms with Gasteiger partial charge in [-0.15, -0.1) is 0 Å². The molecule has 2 aromatic rings. The third kappa shape index (κ3) is 5.83. The smallest absolute Gasteiger partial charge is 0.387 e. The molecule has 0 amide bonds. The number of nitrogens with two attached hydrogens (primary N) is 2. The molecule has 3 rings (SSSR count). The molecule has 3 heterocycles. The van der Waals surface area contributed by atoms with Gasteiger partial charge >= 0.3 is 23.5 Å². The summed E-state index contributed by atoms with van der Waals surface area (Å²) in [5, 5.41) is 20.7. The number of ether oxygens (including phenoxy) is 1. The topological polar surface area (TPSA) is 305 Å². The van der Waals surface area contributed by atoms with Crippen LogP contribution in [0.3, 0.4) is 0 Å². The van der Waals surface area contributed by atoms with E-state index in [-0.39, 0.29) is 22.9 Å². The Morgan fingerprint density at radius 3 is 2.31 bits per heavy atom. The van der Waals surface area contributed by atoms with Crippen molar-refractivity contribution < 1.29 is 70.1 Å². The Hall–Kier alpha value is -1.70. The predicted octanol–water partition coefficient (Wildman–Crippen LogP) is -1.41. The van der Waals surface area contributed by atoms with Gasteiger partial charge < -0.3 is 46.0 Å². The number of imidazole rings is 1. The SMILES string of the molecule is Nc1nc(N)c2ncn(C3OC(COP(=O)(O)OP(=O)(O)OP(=O)(O)O)(C(F)F)C(O)C3O)c2n1. The van der Waals surface area contributed by atoms with Crippen molar-refractivity contribution in [3.8, 4) is 0 Å². The molecule has 0 radical (unpaired) electrons. The molecule has 6 atom stereocenters. The molecule has 0 saturated carbocycles. The largest absolute Gasteiger partial charge is 0.490 e. The first-order chi connectivity index (χ1) is 15.9. The fraction of sp³-hybridized carbons (Fsp3) is 0.545. The molecular formula is C11H17F2N6O13P3. The number of halogens is 2. The van der Waals surface area contributed by atoms with Crippen LogP contribution in [-0.2, 0) is 31.6 Å². The molecule has 10 N–H and O–H groups in total. The molecular weight excluding hydrogens is 555 g/mol. The van der Waals surface area contributed by atoms with Gasteiger partial charge in [-0.2, -0.15) is 18.6 Å². The van der Waals surface area contributed by atoms with Crippen LogP contribution in [0.4, 0.5) is 20.5 Å². The molecule has 6 unspecified atom stereocenters. The average Bonchev–Trinajstić information content (AvgIpc) is 3.18. The number of fused-ring (bicyclic) bond motifs is 1. The summed E-state index contributed by atoms with van der Waals surface area (Å²) < 4.78 is 79.1. The van der Waals surface area contributed by atoms with Crippen LogP contribution in [0.25, 0.3) is 11.2 Å². The lowest BCUT2D eigenvalue weighted by Gasteiger charge is -2.31. The lowest BCUT2D eigenvalue weighted by Crippen LogP contribution is -2.52. The third-order valence-electron chi connectivity index (χ3n) is 4.43. The van der Waals surface area contributed by atoms with Gasteiger partial charge in [0.05, 0.1) is 12.9 Å². The van der Waals surface area contributed by atoms with Crippen molar-refractivity contribution >= 4 is 46.4 Å². The van der Waals surface area contributed by atoms with Crippen LogP contribution in [0.5, 0.6) is 0 Å². The number of hydrogen-bond acceptors (Lipinski definition) is 14. The second kappa shape index (κ2) is 9.31. The van der Waals surface area contributed by atoms with Crippen molar-refractivity contribution in [1.82, 2.24) is 19.5 Å². The second-order valence-electron chi connectivity index (χ2n) is 6.86. The Morgan fingerprint density at radius 2 is 1.74 bits per heavy atom. The molecule has 35 heavy (non-hydrogen) atoms. The van der Waals surface area contributed by atoms with E-state index in [1.165, 1.54) is 0 Å². The van der Waals surface area contributed by atoms with Crippen molar-refractivity contribution in [2.24, 2.45) is 0 Å². The van der Waals surface area contributed by atoms with E-state index < -0.39 is 60.5 Å². The van der Waals surface area contributed by atoms with Crippen LogP contribution >= 0.6 is 23.5 Å². The maximum absolute atomic E-state index is 14.0. The first-order valence-electron chi connectivity index (χ1n) is 8.73. The lowest BCUT2D eigenvalue weighted by atomic mass is 9.96. The number of rotatable bonds is 9.